The monoisotopic (exact) mass is 273 g/mol. The molecule has 1 aromatic rings. The zero-order valence-corrected chi connectivity index (χ0v) is 12.2. The van der Waals surface area contributed by atoms with Crippen molar-refractivity contribution in [1.82, 2.24) is 15.1 Å². The van der Waals surface area contributed by atoms with E-state index in [1.807, 2.05) is 30.4 Å². The molecule has 0 aromatic carbocycles. The molecule has 0 aliphatic heterocycles. The number of thioether (sulfide) groups is 1. The maximum atomic E-state index is 6.23. The largest absolute Gasteiger partial charge is 0.308 e. The second-order valence-electron chi connectivity index (χ2n) is 4.72. The lowest BCUT2D eigenvalue weighted by Gasteiger charge is -2.13. The molecular weight excluding hydrogens is 254 g/mol. The van der Waals surface area contributed by atoms with Gasteiger partial charge in [0.2, 0.25) is 0 Å². The second-order valence-corrected chi connectivity index (χ2v) is 6.23. The van der Waals surface area contributed by atoms with E-state index in [1.54, 1.807) is 0 Å². The fourth-order valence-electron chi connectivity index (χ4n) is 2.45. The number of rotatable bonds is 4. The molecule has 0 saturated heterocycles. The first kappa shape index (κ1) is 13.2. The molecule has 5 heteroatoms. The molecule has 1 aliphatic rings. The van der Waals surface area contributed by atoms with Gasteiger partial charge in [0.1, 0.15) is 0 Å². The minimum absolute atomic E-state index is 0.638. The van der Waals surface area contributed by atoms with Crippen molar-refractivity contribution in [2.45, 2.75) is 44.0 Å². The van der Waals surface area contributed by atoms with Gasteiger partial charge in [0.25, 0.3) is 0 Å². The molecule has 0 amide bonds. The van der Waals surface area contributed by atoms with Gasteiger partial charge >= 0.3 is 0 Å². The minimum Gasteiger partial charge on any atom is -0.308 e. The van der Waals surface area contributed by atoms with E-state index in [9.17, 15) is 0 Å². The van der Waals surface area contributed by atoms with Crippen LogP contribution in [0, 0.1) is 6.92 Å². The van der Waals surface area contributed by atoms with Crippen LogP contribution in [0.2, 0.25) is 5.02 Å². The lowest BCUT2D eigenvalue weighted by molar-refractivity contribution is 0.508. The van der Waals surface area contributed by atoms with Crippen LogP contribution >= 0.6 is 23.4 Å². The lowest BCUT2D eigenvalue weighted by Crippen LogP contribution is -2.27. The Morgan fingerprint density at radius 2 is 2.29 bits per heavy atom. The Kier molecular flexibility index (Phi) is 4.39. The first-order chi connectivity index (χ1) is 8.11. The van der Waals surface area contributed by atoms with Crippen LogP contribution in [-0.4, -0.2) is 27.3 Å². The molecule has 2 atom stereocenters. The van der Waals surface area contributed by atoms with Crippen LogP contribution < -0.4 is 5.32 Å². The quantitative estimate of drug-likeness (QED) is 0.915. The first-order valence-electron chi connectivity index (χ1n) is 6.06. The van der Waals surface area contributed by atoms with Gasteiger partial charge in [0, 0.05) is 24.9 Å². The topological polar surface area (TPSA) is 29.9 Å². The molecule has 2 unspecified atom stereocenters. The zero-order chi connectivity index (χ0) is 12.4. The molecule has 0 spiro atoms. The van der Waals surface area contributed by atoms with Gasteiger partial charge in [-0.3, -0.25) is 4.68 Å². The van der Waals surface area contributed by atoms with Gasteiger partial charge in [-0.25, -0.2) is 0 Å². The first-order valence-corrected chi connectivity index (χ1v) is 7.72. The smallest absolute Gasteiger partial charge is 0.0860 e. The number of aryl methyl sites for hydroxylation is 2. The van der Waals surface area contributed by atoms with E-state index in [-0.39, 0.29) is 0 Å². The Labute approximate surface area is 112 Å². The fourth-order valence-corrected chi connectivity index (χ4v) is 3.48. The number of halogens is 1. The van der Waals surface area contributed by atoms with Crippen molar-refractivity contribution in [3.05, 3.63) is 16.4 Å². The Bertz CT molecular complexity index is 391. The summed E-state index contributed by atoms with van der Waals surface area (Å²) in [4.78, 5) is 0. The average Bonchev–Trinajstić information content (AvgIpc) is 2.84. The molecule has 1 heterocycles. The Hall–Kier alpha value is -0.190. The highest BCUT2D eigenvalue weighted by atomic mass is 35.5. The molecule has 0 radical (unpaired) electrons. The van der Waals surface area contributed by atoms with Crippen molar-refractivity contribution >= 4 is 23.4 Å². The Balaban J connectivity index is 1.90. The van der Waals surface area contributed by atoms with Gasteiger partial charge in [0.15, 0.2) is 0 Å². The normalized spacial score (nSPS) is 24.5. The molecule has 1 N–H and O–H groups in total. The molecule has 0 bridgehead atoms. The van der Waals surface area contributed by atoms with E-state index in [0.29, 0.717) is 6.04 Å². The summed E-state index contributed by atoms with van der Waals surface area (Å²) >= 11 is 8.21. The molecule has 2 rings (SSSR count). The molecule has 96 valence electrons. The van der Waals surface area contributed by atoms with Gasteiger partial charge in [-0.05, 0) is 32.4 Å². The summed E-state index contributed by atoms with van der Waals surface area (Å²) in [6.45, 7) is 2.77. The Morgan fingerprint density at radius 1 is 1.53 bits per heavy atom. The predicted octanol–water partition coefficient (Wildman–Crippen LogP) is 2.76. The van der Waals surface area contributed by atoms with E-state index in [2.05, 4.69) is 16.7 Å². The van der Waals surface area contributed by atoms with Gasteiger partial charge in [-0.1, -0.05) is 11.6 Å². The molecular formula is C12H20ClN3S. The van der Waals surface area contributed by atoms with Gasteiger partial charge in [-0.2, -0.15) is 16.9 Å². The van der Waals surface area contributed by atoms with E-state index in [0.717, 1.165) is 28.2 Å². The Morgan fingerprint density at radius 3 is 2.82 bits per heavy atom. The van der Waals surface area contributed by atoms with Crippen LogP contribution in [0.5, 0.6) is 0 Å². The van der Waals surface area contributed by atoms with Crippen molar-refractivity contribution in [2.24, 2.45) is 7.05 Å². The number of hydrogen-bond donors (Lipinski definition) is 1. The molecule has 1 aliphatic carbocycles. The summed E-state index contributed by atoms with van der Waals surface area (Å²) in [5.74, 6) is 0. The van der Waals surface area contributed by atoms with E-state index in [1.165, 1.54) is 19.3 Å². The van der Waals surface area contributed by atoms with Crippen LogP contribution in [0.3, 0.4) is 0 Å². The molecule has 3 nitrogen and oxygen atoms in total. The molecule has 1 fully saturated rings. The maximum Gasteiger partial charge on any atom is 0.0860 e. The number of hydrogen-bond acceptors (Lipinski definition) is 3. The van der Waals surface area contributed by atoms with Crippen molar-refractivity contribution in [2.75, 3.05) is 6.26 Å². The summed E-state index contributed by atoms with van der Waals surface area (Å²) in [6.07, 6.45) is 6.08. The number of nitrogens with zero attached hydrogens (tertiary/aromatic N) is 2. The standard InChI is InChI=1S/C12H20ClN3S/c1-8-12(13)11(16(2)15-8)7-14-9-4-5-10(6-9)17-3/h9-10,14H,4-7H2,1-3H3. The number of nitrogens with one attached hydrogen (secondary N) is 1. The highest BCUT2D eigenvalue weighted by molar-refractivity contribution is 7.99. The van der Waals surface area contributed by atoms with Crippen molar-refractivity contribution in [3.63, 3.8) is 0 Å². The van der Waals surface area contributed by atoms with E-state index >= 15 is 0 Å². The third kappa shape index (κ3) is 2.98. The van der Waals surface area contributed by atoms with Crippen molar-refractivity contribution in [3.8, 4) is 0 Å². The average molecular weight is 274 g/mol. The molecule has 1 aromatic heterocycles. The highest BCUT2D eigenvalue weighted by Gasteiger charge is 2.24. The van der Waals surface area contributed by atoms with E-state index < -0.39 is 0 Å². The minimum atomic E-state index is 0.638. The summed E-state index contributed by atoms with van der Waals surface area (Å²) in [6, 6.07) is 0.638. The maximum absolute atomic E-state index is 6.23. The van der Waals surface area contributed by atoms with Crippen LogP contribution in [-0.2, 0) is 13.6 Å². The summed E-state index contributed by atoms with van der Waals surface area (Å²) < 4.78 is 1.88. The predicted molar refractivity (Wildman–Crippen MR) is 74.7 cm³/mol. The number of aromatic nitrogens is 2. The zero-order valence-electron chi connectivity index (χ0n) is 10.7. The van der Waals surface area contributed by atoms with Crippen LogP contribution in [0.15, 0.2) is 0 Å². The lowest BCUT2D eigenvalue weighted by atomic mass is 10.2. The third-order valence-electron chi connectivity index (χ3n) is 3.54. The van der Waals surface area contributed by atoms with E-state index in [4.69, 9.17) is 11.6 Å². The highest BCUT2D eigenvalue weighted by Crippen LogP contribution is 2.28. The van der Waals surface area contributed by atoms with Gasteiger partial charge in [-0.15, -0.1) is 0 Å². The van der Waals surface area contributed by atoms with Crippen LogP contribution in [0.1, 0.15) is 30.7 Å². The summed E-state index contributed by atoms with van der Waals surface area (Å²) in [5.41, 5.74) is 2.01. The van der Waals surface area contributed by atoms with Crippen molar-refractivity contribution < 1.29 is 0 Å². The fraction of sp³-hybridized carbons (Fsp3) is 0.750. The van der Waals surface area contributed by atoms with Crippen LogP contribution in [0.25, 0.3) is 0 Å². The molecule has 17 heavy (non-hydrogen) atoms. The second kappa shape index (κ2) is 5.63. The molecule has 1 saturated carbocycles. The van der Waals surface area contributed by atoms with Gasteiger partial charge in [0.05, 0.1) is 16.4 Å². The summed E-state index contributed by atoms with van der Waals surface area (Å²) in [5, 5.41) is 9.56. The van der Waals surface area contributed by atoms with Crippen LogP contribution in [0.4, 0.5) is 0 Å². The summed E-state index contributed by atoms with van der Waals surface area (Å²) in [7, 11) is 1.95. The van der Waals surface area contributed by atoms with Crippen molar-refractivity contribution in [1.29, 1.82) is 0 Å². The van der Waals surface area contributed by atoms with Gasteiger partial charge < -0.3 is 5.32 Å². The third-order valence-corrected chi connectivity index (χ3v) is 5.12. The SMILES string of the molecule is CSC1CCC(NCc2c(Cl)c(C)nn2C)C1.